The molecule has 0 aromatic heterocycles. The van der Waals surface area contributed by atoms with E-state index in [2.05, 4.69) is 5.32 Å². The lowest BCUT2D eigenvalue weighted by Crippen LogP contribution is -2.17. The lowest BCUT2D eigenvalue weighted by atomic mass is 9.84. The minimum absolute atomic E-state index is 0.0552. The predicted molar refractivity (Wildman–Crippen MR) is 98.8 cm³/mol. The summed E-state index contributed by atoms with van der Waals surface area (Å²) in [4.78, 5) is 13.2. The van der Waals surface area contributed by atoms with E-state index in [1.54, 1.807) is 13.1 Å². The maximum atomic E-state index is 13.2. The van der Waals surface area contributed by atoms with Gasteiger partial charge in [-0.1, -0.05) is 48.6 Å². The van der Waals surface area contributed by atoms with E-state index in [1.165, 1.54) is 6.07 Å². The second-order valence-electron chi connectivity index (χ2n) is 6.87. The van der Waals surface area contributed by atoms with E-state index in [4.69, 9.17) is 0 Å². The molecule has 2 aliphatic carbocycles. The first-order chi connectivity index (χ1) is 12.9. The van der Waals surface area contributed by atoms with Crippen molar-refractivity contribution in [1.29, 1.82) is 0 Å². The van der Waals surface area contributed by atoms with Crippen LogP contribution in [-0.4, -0.2) is 12.8 Å². The molecule has 0 saturated carbocycles. The Morgan fingerprint density at radius 2 is 1.85 bits per heavy atom. The van der Waals surface area contributed by atoms with Crippen LogP contribution in [0, 0.1) is 5.92 Å². The van der Waals surface area contributed by atoms with Gasteiger partial charge in [0.2, 0.25) is 0 Å². The minimum Gasteiger partial charge on any atom is -0.391 e. The molecule has 138 valence electrons. The van der Waals surface area contributed by atoms with E-state index in [-0.39, 0.29) is 17.6 Å². The van der Waals surface area contributed by atoms with E-state index in [9.17, 15) is 18.0 Å². The zero-order valence-corrected chi connectivity index (χ0v) is 14.7. The molecule has 0 saturated heterocycles. The number of fused-ring (bicyclic) bond motifs is 1. The smallest absolute Gasteiger partial charge is 0.391 e. The van der Waals surface area contributed by atoms with Crippen molar-refractivity contribution in [3.05, 3.63) is 82.6 Å². The summed E-state index contributed by atoms with van der Waals surface area (Å²) >= 11 is 0. The maximum absolute atomic E-state index is 13.2. The van der Waals surface area contributed by atoms with Gasteiger partial charge in [0.1, 0.15) is 0 Å². The lowest BCUT2D eigenvalue weighted by Gasteiger charge is -2.18. The molecular weight excluding hydrogens is 351 g/mol. The van der Waals surface area contributed by atoms with Crippen LogP contribution in [0.2, 0.25) is 0 Å². The molecule has 0 bridgehead atoms. The molecule has 2 aromatic carbocycles. The number of hydrogen-bond donors (Lipinski definition) is 1. The van der Waals surface area contributed by atoms with Gasteiger partial charge in [0.15, 0.2) is 5.78 Å². The number of hydrogen-bond acceptors (Lipinski definition) is 2. The first kappa shape index (κ1) is 17.6. The van der Waals surface area contributed by atoms with Crippen molar-refractivity contribution in [2.24, 2.45) is 5.92 Å². The van der Waals surface area contributed by atoms with Crippen molar-refractivity contribution in [2.45, 2.75) is 18.5 Å². The van der Waals surface area contributed by atoms with Crippen LogP contribution in [0.25, 0.3) is 11.6 Å². The van der Waals surface area contributed by atoms with Gasteiger partial charge in [0.25, 0.3) is 0 Å². The Balaban J connectivity index is 1.71. The van der Waals surface area contributed by atoms with Crippen molar-refractivity contribution < 1.29 is 18.0 Å². The fourth-order valence-electron chi connectivity index (χ4n) is 4.06. The molecule has 0 radical (unpaired) electrons. The Morgan fingerprint density at radius 3 is 2.59 bits per heavy atom. The third-order valence-electron chi connectivity index (χ3n) is 5.36. The number of halogens is 3. The molecule has 0 spiro atoms. The van der Waals surface area contributed by atoms with Gasteiger partial charge < -0.3 is 5.32 Å². The lowest BCUT2D eigenvalue weighted by molar-refractivity contribution is -0.137. The number of allylic oxidation sites excluding steroid dienone is 3. The van der Waals surface area contributed by atoms with Gasteiger partial charge in [-0.2, -0.15) is 13.2 Å². The minimum atomic E-state index is -4.44. The fraction of sp³-hybridized carbons (Fsp3) is 0.227. The summed E-state index contributed by atoms with van der Waals surface area (Å²) in [5, 5.41) is 3.03. The molecule has 27 heavy (non-hydrogen) atoms. The highest BCUT2D eigenvalue weighted by Gasteiger charge is 2.40. The standard InChI is InChI=1S/C22H18F3NO/c1-26-19-12-18(17-10-9-13-5-2-3-8-16(13)17)21(27)20(19)14-6-4-7-15(11-14)22(23,24)25/h2-11,17-18,26H,12H2,1H3. The molecular formula is C22H18F3NO. The van der Waals surface area contributed by atoms with E-state index in [0.717, 1.165) is 23.3 Å². The summed E-state index contributed by atoms with van der Waals surface area (Å²) < 4.78 is 39.3. The highest BCUT2D eigenvalue weighted by molar-refractivity contribution is 6.25. The highest BCUT2D eigenvalue weighted by Crippen LogP contribution is 2.45. The van der Waals surface area contributed by atoms with Crippen LogP contribution in [0.15, 0.2) is 60.3 Å². The SMILES string of the molecule is CNC1=C(c2cccc(C(F)(F)F)c2)C(=O)C(C2C=Cc3ccccc32)C1. The second-order valence-corrected chi connectivity index (χ2v) is 6.87. The molecule has 2 unspecified atom stereocenters. The van der Waals surface area contributed by atoms with Crippen LogP contribution in [-0.2, 0) is 11.0 Å². The zero-order valence-electron chi connectivity index (χ0n) is 14.7. The van der Waals surface area contributed by atoms with Gasteiger partial charge in [0.05, 0.1) is 5.56 Å². The Kier molecular flexibility index (Phi) is 4.17. The second kappa shape index (κ2) is 6.41. The number of nitrogens with one attached hydrogen (secondary N) is 1. The largest absolute Gasteiger partial charge is 0.416 e. The summed E-state index contributed by atoms with van der Waals surface area (Å²) in [6.07, 6.45) is 0.0823. The molecule has 0 heterocycles. The third-order valence-corrected chi connectivity index (χ3v) is 5.36. The van der Waals surface area contributed by atoms with Gasteiger partial charge in [-0.05, 0) is 35.2 Å². The van der Waals surface area contributed by atoms with Gasteiger partial charge in [-0.3, -0.25) is 4.79 Å². The van der Waals surface area contributed by atoms with E-state index >= 15 is 0 Å². The molecule has 0 amide bonds. The summed E-state index contributed by atoms with van der Waals surface area (Å²) in [6, 6.07) is 12.9. The number of alkyl halides is 3. The van der Waals surface area contributed by atoms with Crippen molar-refractivity contribution in [1.82, 2.24) is 5.32 Å². The fourth-order valence-corrected chi connectivity index (χ4v) is 4.06. The monoisotopic (exact) mass is 369 g/mol. The van der Waals surface area contributed by atoms with Crippen LogP contribution < -0.4 is 5.32 Å². The average molecular weight is 369 g/mol. The van der Waals surface area contributed by atoms with Crippen molar-refractivity contribution in [2.75, 3.05) is 7.05 Å². The van der Waals surface area contributed by atoms with Gasteiger partial charge in [0, 0.05) is 30.2 Å². The summed E-state index contributed by atoms with van der Waals surface area (Å²) in [7, 11) is 1.71. The number of Topliss-reactive ketones (excluding diaryl/α,β-unsaturated/α-hetero) is 1. The molecule has 4 rings (SSSR count). The van der Waals surface area contributed by atoms with Crippen molar-refractivity contribution in [3.63, 3.8) is 0 Å². The Hall–Kier alpha value is -2.82. The Morgan fingerprint density at radius 1 is 1.07 bits per heavy atom. The quantitative estimate of drug-likeness (QED) is 0.822. The molecule has 0 aliphatic heterocycles. The van der Waals surface area contributed by atoms with Crippen LogP contribution in [0.1, 0.15) is 34.6 Å². The molecule has 2 atom stereocenters. The molecule has 2 nitrogen and oxygen atoms in total. The van der Waals surface area contributed by atoms with Crippen molar-refractivity contribution in [3.8, 4) is 0 Å². The van der Waals surface area contributed by atoms with Crippen LogP contribution >= 0.6 is 0 Å². The third kappa shape index (κ3) is 2.97. The molecule has 2 aromatic rings. The van der Waals surface area contributed by atoms with Crippen LogP contribution in [0.5, 0.6) is 0 Å². The van der Waals surface area contributed by atoms with E-state index < -0.39 is 11.7 Å². The van der Waals surface area contributed by atoms with Gasteiger partial charge >= 0.3 is 6.18 Å². The van der Waals surface area contributed by atoms with Gasteiger partial charge in [-0.15, -0.1) is 0 Å². The molecule has 0 fully saturated rings. The number of benzene rings is 2. The van der Waals surface area contributed by atoms with Crippen molar-refractivity contribution >= 4 is 17.4 Å². The first-order valence-corrected chi connectivity index (χ1v) is 8.80. The average Bonchev–Trinajstić information content (AvgIpc) is 3.21. The van der Waals surface area contributed by atoms with Crippen LogP contribution in [0.4, 0.5) is 13.2 Å². The topological polar surface area (TPSA) is 29.1 Å². The molecule has 2 aliphatic rings. The molecule has 1 N–H and O–H groups in total. The highest BCUT2D eigenvalue weighted by atomic mass is 19.4. The Labute approximate surface area is 155 Å². The number of rotatable bonds is 3. The predicted octanol–water partition coefficient (Wildman–Crippen LogP) is 5.04. The Bertz CT molecular complexity index is 972. The number of carbonyl (C=O) groups excluding carboxylic acids is 1. The summed E-state index contributed by atoms with van der Waals surface area (Å²) in [5.41, 5.74) is 2.82. The summed E-state index contributed by atoms with van der Waals surface area (Å²) in [5.74, 6) is -0.470. The van der Waals surface area contributed by atoms with Gasteiger partial charge in [-0.25, -0.2) is 0 Å². The summed E-state index contributed by atoms with van der Waals surface area (Å²) in [6.45, 7) is 0. The number of carbonyl (C=O) groups is 1. The number of ketones is 1. The zero-order chi connectivity index (χ0) is 19.2. The van der Waals surface area contributed by atoms with E-state index in [0.29, 0.717) is 23.3 Å². The normalized spacial score (nSPS) is 21.7. The van der Waals surface area contributed by atoms with E-state index in [1.807, 2.05) is 36.4 Å². The van der Waals surface area contributed by atoms with Crippen LogP contribution in [0.3, 0.4) is 0 Å². The first-order valence-electron chi connectivity index (χ1n) is 8.80. The maximum Gasteiger partial charge on any atom is 0.416 e. The molecule has 5 heteroatoms.